The van der Waals surface area contributed by atoms with Crippen LogP contribution in [0.4, 0.5) is 5.69 Å². The van der Waals surface area contributed by atoms with Gasteiger partial charge in [0.25, 0.3) is 5.91 Å². The summed E-state index contributed by atoms with van der Waals surface area (Å²) in [5.41, 5.74) is 5.30. The van der Waals surface area contributed by atoms with Gasteiger partial charge in [-0.3, -0.25) is 14.4 Å². The largest absolute Gasteiger partial charge is 0.483 e. The Morgan fingerprint density at radius 1 is 1.03 bits per heavy atom. The Hall–Kier alpha value is -3.69. The molecule has 0 aliphatic rings. The highest BCUT2D eigenvalue weighted by atomic mass is 79.9. The van der Waals surface area contributed by atoms with Crippen molar-refractivity contribution in [1.82, 2.24) is 10.7 Å². The zero-order chi connectivity index (χ0) is 26.8. The molecule has 0 aliphatic carbocycles. The lowest BCUT2D eigenvalue weighted by molar-refractivity contribution is -0.139. The first-order valence-corrected chi connectivity index (χ1v) is 12.6. The number of hydrogen-bond donors (Lipinski definition) is 3. The first kappa shape index (κ1) is 27.9. The number of nitrogens with one attached hydrogen (secondary N) is 3. The third-order valence-electron chi connectivity index (χ3n) is 5.11. The Bertz CT molecular complexity index is 1300. The molecule has 37 heavy (non-hydrogen) atoms. The Morgan fingerprint density at radius 3 is 2.49 bits per heavy atom. The molecule has 3 rings (SSSR count). The number of ether oxygens (including phenoxy) is 1. The minimum absolute atomic E-state index is 0.217. The first-order valence-electron chi connectivity index (χ1n) is 11.4. The molecule has 3 N–H and O–H groups in total. The van der Waals surface area contributed by atoms with Crippen molar-refractivity contribution in [2.45, 2.75) is 26.3 Å². The molecule has 0 unspecified atom stereocenters. The van der Waals surface area contributed by atoms with Crippen LogP contribution >= 0.6 is 27.5 Å². The molecule has 8 nitrogen and oxygen atoms in total. The molecule has 0 saturated heterocycles. The highest BCUT2D eigenvalue weighted by Gasteiger charge is 2.13. The highest BCUT2D eigenvalue weighted by molar-refractivity contribution is 9.10. The number of nitrogens with zero attached hydrogens (tertiary/aromatic N) is 1. The number of rotatable bonds is 9. The minimum Gasteiger partial charge on any atom is -0.483 e. The summed E-state index contributed by atoms with van der Waals surface area (Å²) in [6.45, 7) is 4.16. The molecule has 0 fully saturated rings. The van der Waals surface area contributed by atoms with Crippen LogP contribution in [0, 0.1) is 0 Å². The van der Waals surface area contributed by atoms with Crippen molar-refractivity contribution in [3.8, 4) is 5.75 Å². The van der Waals surface area contributed by atoms with Crippen LogP contribution in [0.25, 0.3) is 0 Å². The fraction of sp³-hybridized carbons (Fsp3) is 0.185. The summed E-state index contributed by atoms with van der Waals surface area (Å²) in [4.78, 5) is 36.5. The number of anilines is 1. The van der Waals surface area contributed by atoms with Gasteiger partial charge in [0.15, 0.2) is 6.61 Å². The second-order valence-electron chi connectivity index (χ2n) is 8.31. The molecule has 0 atom stereocenters. The lowest BCUT2D eigenvalue weighted by atomic mass is 10.0. The van der Waals surface area contributed by atoms with E-state index in [2.05, 4.69) is 50.9 Å². The van der Waals surface area contributed by atoms with E-state index in [4.69, 9.17) is 16.3 Å². The third-order valence-corrected chi connectivity index (χ3v) is 5.84. The molecule has 3 aromatic carbocycles. The van der Waals surface area contributed by atoms with Gasteiger partial charge in [0.05, 0.1) is 6.21 Å². The van der Waals surface area contributed by atoms with Gasteiger partial charge in [-0.25, -0.2) is 5.43 Å². The quantitative estimate of drug-likeness (QED) is 0.186. The monoisotopic (exact) mass is 584 g/mol. The molecular formula is C27H26BrClN4O4. The van der Waals surface area contributed by atoms with Gasteiger partial charge in [-0.1, -0.05) is 71.7 Å². The smallest absolute Gasteiger partial charge is 0.329 e. The van der Waals surface area contributed by atoms with Crippen molar-refractivity contribution in [1.29, 1.82) is 0 Å². The van der Waals surface area contributed by atoms with E-state index in [1.807, 2.05) is 24.3 Å². The summed E-state index contributed by atoms with van der Waals surface area (Å²) in [7, 11) is 0. The van der Waals surface area contributed by atoms with Gasteiger partial charge in [0.1, 0.15) is 5.75 Å². The standard InChI is InChI=1S/C27H26BrClN4O4/c1-17(2)19-8-6-18(7-9-19)14-30-26(35)27(36)33-31-15-20-12-21(28)10-11-24(20)37-16-25(34)32-23-5-3-4-22(29)13-23/h3-13,15,17H,14,16H2,1-2H3,(H,30,35)(H,32,34)(H,33,36)/b31-15-. The van der Waals surface area contributed by atoms with Crippen molar-refractivity contribution in [3.05, 3.63) is 92.9 Å². The van der Waals surface area contributed by atoms with Crippen molar-refractivity contribution in [2.24, 2.45) is 5.10 Å². The number of amides is 3. The minimum atomic E-state index is -0.909. The average molecular weight is 586 g/mol. The maximum absolute atomic E-state index is 12.2. The molecule has 0 heterocycles. The number of carbonyl (C=O) groups excluding carboxylic acids is 3. The van der Waals surface area contributed by atoms with Crippen molar-refractivity contribution in [3.63, 3.8) is 0 Å². The molecule has 3 aromatic rings. The number of halogens is 2. The van der Waals surface area contributed by atoms with E-state index in [0.29, 0.717) is 27.9 Å². The van der Waals surface area contributed by atoms with Crippen LogP contribution in [0.15, 0.2) is 76.3 Å². The Kier molecular flexibility index (Phi) is 10.2. The normalized spacial score (nSPS) is 10.8. The SMILES string of the molecule is CC(C)c1ccc(CNC(=O)C(=O)N/N=C\c2cc(Br)ccc2OCC(=O)Nc2cccc(Cl)c2)cc1. The third kappa shape index (κ3) is 9.04. The second-order valence-corrected chi connectivity index (χ2v) is 9.66. The van der Waals surface area contributed by atoms with Crippen molar-refractivity contribution in [2.75, 3.05) is 11.9 Å². The zero-order valence-electron chi connectivity index (χ0n) is 20.3. The van der Waals surface area contributed by atoms with Gasteiger partial charge in [-0.2, -0.15) is 5.10 Å². The Balaban J connectivity index is 1.52. The van der Waals surface area contributed by atoms with Crippen LogP contribution in [0.3, 0.4) is 0 Å². The van der Waals surface area contributed by atoms with Crippen LogP contribution in [-0.4, -0.2) is 30.5 Å². The van der Waals surface area contributed by atoms with Crippen LogP contribution < -0.4 is 20.8 Å². The van der Waals surface area contributed by atoms with E-state index in [-0.39, 0.29) is 19.1 Å². The van der Waals surface area contributed by atoms with Gasteiger partial charge < -0.3 is 15.4 Å². The zero-order valence-corrected chi connectivity index (χ0v) is 22.6. The molecule has 0 saturated carbocycles. The molecule has 0 aliphatic heterocycles. The lowest BCUT2D eigenvalue weighted by Gasteiger charge is -2.10. The predicted octanol–water partition coefficient (Wildman–Crippen LogP) is 5.01. The maximum atomic E-state index is 12.2. The van der Waals surface area contributed by atoms with Crippen LogP contribution in [0.1, 0.15) is 36.5 Å². The summed E-state index contributed by atoms with van der Waals surface area (Å²) in [5.74, 6) is -1.33. The van der Waals surface area contributed by atoms with Crippen LogP contribution in [0.2, 0.25) is 5.02 Å². The predicted molar refractivity (Wildman–Crippen MR) is 148 cm³/mol. The fourth-order valence-electron chi connectivity index (χ4n) is 3.15. The van der Waals surface area contributed by atoms with E-state index in [9.17, 15) is 14.4 Å². The molecule has 0 spiro atoms. The summed E-state index contributed by atoms with van der Waals surface area (Å²) >= 11 is 9.30. The fourth-order valence-corrected chi connectivity index (χ4v) is 3.72. The number of hydrazone groups is 1. The van der Waals surface area contributed by atoms with Crippen LogP contribution in [0.5, 0.6) is 5.75 Å². The van der Waals surface area contributed by atoms with Crippen LogP contribution in [-0.2, 0) is 20.9 Å². The summed E-state index contributed by atoms with van der Waals surface area (Å²) in [5, 5.41) is 9.61. The first-order chi connectivity index (χ1) is 17.7. The molecule has 10 heteroatoms. The summed E-state index contributed by atoms with van der Waals surface area (Å²) in [6, 6.07) is 19.7. The van der Waals surface area contributed by atoms with Gasteiger partial charge in [-0.15, -0.1) is 0 Å². The van der Waals surface area contributed by atoms with Gasteiger partial charge >= 0.3 is 11.8 Å². The second kappa shape index (κ2) is 13.6. The number of hydrogen-bond acceptors (Lipinski definition) is 5. The molecule has 192 valence electrons. The van der Waals surface area contributed by atoms with Crippen molar-refractivity contribution < 1.29 is 19.1 Å². The Morgan fingerprint density at radius 2 is 1.78 bits per heavy atom. The van der Waals surface area contributed by atoms with Crippen molar-refractivity contribution >= 4 is 57.2 Å². The lowest BCUT2D eigenvalue weighted by Crippen LogP contribution is -2.37. The molecular weight excluding hydrogens is 560 g/mol. The average Bonchev–Trinajstić information content (AvgIpc) is 2.87. The molecule has 0 bridgehead atoms. The van der Waals surface area contributed by atoms with Gasteiger partial charge in [0, 0.05) is 27.3 Å². The van der Waals surface area contributed by atoms with E-state index in [0.717, 1.165) is 10.0 Å². The maximum Gasteiger partial charge on any atom is 0.329 e. The summed E-state index contributed by atoms with van der Waals surface area (Å²) < 4.78 is 6.36. The molecule has 0 aromatic heterocycles. The molecule has 0 radical (unpaired) electrons. The van der Waals surface area contributed by atoms with E-state index >= 15 is 0 Å². The van der Waals surface area contributed by atoms with Gasteiger partial charge in [0.2, 0.25) is 0 Å². The summed E-state index contributed by atoms with van der Waals surface area (Å²) in [6.07, 6.45) is 1.32. The molecule has 3 amide bonds. The highest BCUT2D eigenvalue weighted by Crippen LogP contribution is 2.22. The number of benzene rings is 3. The van der Waals surface area contributed by atoms with Gasteiger partial charge in [-0.05, 0) is 53.4 Å². The number of carbonyl (C=O) groups is 3. The Labute approximate surface area is 228 Å². The topological polar surface area (TPSA) is 109 Å². The van der Waals surface area contributed by atoms with E-state index in [1.165, 1.54) is 11.8 Å². The van der Waals surface area contributed by atoms with E-state index < -0.39 is 11.8 Å². The van der Waals surface area contributed by atoms with E-state index in [1.54, 1.807) is 42.5 Å².